The molecule has 1 heterocycles. The van der Waals surface area contributed by atoms with Crippen LogP contribution in [-0.4, -0.2) is 23.1 Å². The predicted octanol–water partition coefficient (Wildman–Crippen LogP) is 5.10. The van der Waals surface area contributed by atoms with Gasteiger partial charge in [-0.3, -0.25) is 4.79 Å². The number of amides is 1. The molecule has 2 aromatic carbocycles. The first-order valence-electron chi connectivity index (χ1n) is 9.49. The molecule has 2 N–H and O–H groups in total. The van der Waals surface area contributed by atoms with Crippen LogP contribution in [0.4, 0.5) is 5.69 Å². The first kappa shape index (κ1) is 20.8. The van der Waals surface area contributed by atoms with Crippen molar-refractivity contribution in [3.05, 3.63) is 42.0 Å². The first-order chi connectivity index (χ1) is 13.8. The summed E-state index contributed by atoms with van der Waals surface area (Å²) in [6.07, 6.45) is 0. The Bertz CT molecular complexity index is 1060. The summed E-state index contributed by atoms with van der Waals surface area (Å²) in [6.45, 7) is 7.89. The lowest BCUT2D eigenvalue weighted by Gasteiger charge is -2.14. The van der Waals surface area contributed by atoms with Crippen molar-refractivity contribution in [3.63, 3.8) is 0 Å². The Hall–Kier alpha value is -2.93. The number of benzene rings is 2. The second kappa shape index (κ2) is 8.61. The SMILES string of the molecule is COc1ccc(-c2nc3cc(C(C)C)ccc3o2)cc1NC(=S)NC(=O)C(C)C. The summed E-state index contributed by atoms with van der Waals surface area (Å²) in [5.41, 5.74) is 4.14. The molecule has 3 rings (SSSR count). The number of fused-ring (bicyclic) bond motifs is 1. The number of aromatic nitrogens is 1. The highest BCUT2D eigenvalue weighted by Crippen LogP contribution is 2.32. The molecule has 7 heteroatoms. The van der Waals surface area contributed by atoms with Gasteiger partial charge >= 0.3 is 0 Å². The zero-order chi connectivity index (χ0) is 21.1. The molecule has 0 aliphatic carbocycles. The molecular formula is C22H25N3O3S. The Morgan fingerprint density at radius 3 is 2.55 bits per heavy atom. The van der Waals surface area contributed by atoms with E-state index in [0.29, 0.717) is 23.2 Å². The van der Waals surface area contributed by atoms with Crippen LogP contribution in [0.5, 0.6) is 5.75 Å². The van der Waals surface area contributed by atoms with Gasteiger partial charge in [-0.25, -0.2) is 4.98 Å². The fraction of sp³-hybridized carbons (Fsp3) is 0.318. The highest BCUT2D eigenvalue weighted by Gasteiger charge is 2.15. The van der Waals surface area contributed by atoms with E-state index >= 15 is 0 Å². The van der Waals surface area contributed by atoms with Crippen molar-refractivity contribution in [2.75, 3.05) is 12.4 Å². The lowest BCUT2D eigenvalue weighted by molar-refractivity contribution is -0.122. The molecule has 152 valence electrons. The highest BCUT2D eigenvalue weighted by molar-refractivity contribution is 7.80. The van der Waals surface area contributed by atoms with Crippen molar-refractivity contribution in [1.82, 2.24) is 10.3 Å². The van der Waals surface area contributed by atoms with Crippen LogP contribution < -0.4 is 15.4 Å². The van der Waals surface area contributed by atoms with Gasteiger partial charge in [0.15, 0.2) is 10.7 Å². The lowest BCUT2D eigenvalue weighted by atomic mass is 10.0. The second-order valence-electron chi connectivity index (χ2n) is 7.41. The smallest absolute Gasteiger partial charge is 0.228 e. The average molecular weight is 412 g/mol. The van der Waals surface area contributed by atoms with Gasteiger partial charge in [0.1, 0.15) is 11.3 Å². The molecule has 0 bridgehead atoms. The van der Waals surface area contributed by atoms with E-state index in [4.69, 9.17) is 21.4 Å². The van der Waals surface area contributed by atoms with Crippen LogP contribution in [0.3, 0.4) is 0 Å². The van der Waals surface area contributed by atoms with E-state index in [2.05, 4.69) is 35.5 Å². The van der Waals surface area contributed by atoms with E-state index < -0.39 is 0 Å². The van der Waals surface area contributed by atoms with Gasteiger partial charge in [-0.1, -0.05) is 33.8 Å². The number of oxazole rings is 1. The summed E-state index contributed by atoms with van der Waals surface area (Å²) >= 11 is 5.25. The summed E-state index contributed by atoms with van der Waals surface area (Å²) in [4.78, 5) is 16.5. The first-order valence-corrected chi connectivity index (χ1v) is 9.90. The fourth-order valence-electron chi connectivity index (χ4n) is 2.78. The zero-order valence-electron chi connectivity index (χ0n) is 17.2. The maximum absolute atomic E-state index is 11.9. The molecule has 1 amide bonds. The summed E-state index contributed by atoms with van der Waals surface area (Å²) in [7, 11) is 1.57. The molecule has 0 aliphatic heterocycles. The number of anilines is 1. The fourth-order valence-corrected chi connectivity index (χ4v) is 2.99. The van der Waals surface area contributed by atoms with Gasteiger partial charge in [0.2, 0.25) is 11.8 Å². The average Bonchev–Trinajstić information content (AvgIpc) is 3.10. The molecule has 0 spiro atoms. The van der Waals surface area contributed by atoms with E-state index in [1.54, 1.807) is 27.0 Å². The Balaban J connectivity index is 1.91. The molecule has 3 aromatic rings. The van der Waals surface area contributed by atoms with Gasteiger partial charge in [-0.05, 0) is 54.0 Å². The number of carbonyl (C=O) groups is 1. The van der Waals surface area contributed by atoms with Crippen LogP contribution in [0, 0.1) is 5.92 Å². The summed E-state index contributed by atoms with van der Waals surface area (Å²) in [5, 5.41) is 5.89. The number of nitrogens with zero attached hydrogens (tertiary/aromatic N) is 1. The van der Waals surface area contributed by atoms with Crippen LogP contribution in [0.15, 0.2) is 40.8 Å². The van der Waals surface area contributed by atoms with Crippen molar-refractivity contribution >= 4 is 40.0 Å². The van der Waals surface area contributed by atoms with Crippen molar-refractivity contribution in [3.8, 4) is 17.2 Å². The normalized spacial score (nSPS) is 11.1. The minimum atomic E-state index is -0.168. The number of rotatable bonds is 5. The number of nitrogens with one attached hydrogen (secondary N) is 2. The number of ether oxygens (including phenoxy) is 1. The monoisotopic (exact) mass is 411 g/mol. The Morgan fingerprint density at radius 1 is 1.14 bits per heavy atom. The number of methoxy groups -OCH3 is 1. The van der Waals surface area contributed by atoms with Gasteiger partial charge in [-0.15, -0.1) is 0 Å². The standard InChI is InChI=1S/C22H25N3O3S/c1-12(2)14-6-9-19-17(10-14)23-21(28-19)15-7-8-18(27-5)16(11-15)24-22(29)25-20(26)13(3)4/h6-13H,1-5H3,(H2,24,25,26,29). The number of carbonyl (C=O) groups excluding carboxylic acids is 1. The van der Waals surface area contributed by atoms with Crippen LogP contribution in [0.2, 0.25) is 0 Å². The topological polar surface area (TPSA) is 76.4 Å². The number of hydrogen-bond donors (Lipinski definition) is 2. The van der Waals surface area contributed by atoms with Crippen LogP contribution in [0.25, 0.3) is 22.6 Å². The molecule has 1 aromatic heterocycles. The van der Waals surface area contributed by atoms with Gasteiger partial charge in [0, 0.05) is 11.5 Å². The summed E-state index contributed by atoms with van der Waals surface area (Å²) < 4.78 is 11.3. The van der Waals surface area contributed by atoms with E-state index in [1.165, 1.54) is 5.56 Å². The Morgan fingerprint density at radius 2 is 1.90 bits per heavy atom. The van der Waals surface area contributed by atoms with Crippen molar-refractivity contribution < 1.29 is 13.9 Å². The zero-order valence-corrected chi connectivity index (χ0v) is 18.0. The number of hydrogen-bond acceptors (Lipinski definition) is 5. The van der Waals surface area contributed by atoms with Crippen LogP contribution in [-0.2, 0) is 4.79 Å². The third kappa shape index (κ3) is 4.74. The molecular weight excluding hydrogens is 386 g/mol. The second-order valence-corrected chi connectivity index (χ2v) is 7.82. The predicted molar refractivity (Wildman–Crippen MR) is 119 cm³/mol. The molecule has 0 saturated carbocycles. The maximum atomic E-state index is 11.9. The third-order valence-electron chi connectivity index (χ3n) is 4.53. The summed E-state index contributed by atoms with van der Waals surface area (Å²) in [5.74, 6) is 1.19. The van der Waals surface area contributed by atoms with Gasteiger partial charge < -0.3 is 19.8 Å². The molecule has 0 radical (unpaired) electrons. The van der Waals surface area contributed by atoms with Gasteiger partial charge in [0.25, 0.3) is 0 Å². The van der Waals surface area contributed by atoms with Crippen LogP contribution in [0.1, 0.15) is 39.2 Å². The number of thiocarbonyl (C=S) groups is 1. The van der Waals surface area contributed by atoms with Crippen molar-refractivity contribution in [2.24, 2.45) is 5.92 Å². The largest absolute Gasteiger partial charge is 0.495 e. The molecule has 0 fully saturated rings. The lowest BCUT2D eigenvalue weighted by Crippen LogP contribution is -2.36. The van der Waals surface area contributed by atoms with E-state index in [0.717, 1.165) is 16.7 Å². The Labute approximate surface area is 175 Å². The van der Waals surface area contributed by atoms with E-state index in [1.807, 2.05) is 24.3 Å². The van der Waals surface area contributed by atoms with E-state index in [9.17, 15) is 4.79 Å². The van der Waals surface area contributed by atoms with Crippen molar-refractivity contribution in [1.29, 1.82) is 0 Å². The molecule has 0 saturated heterocycles. The minimum Gasteiger partial charge on any atom is -0.495 e. The molecule has 0 unspecified atom stereocenters. The molecule has 29 heavy (non-hydrogen) atoms. The highest BCUT2D eigenvalue weighted by atomic mass is 32.1. The Kier molecular flexibility index (Phi) is 6.17. The van der Waals surface area contributed by atoms with Gasteiger partial charge in [-0.2, -0.15) is 0 Å². The molecule has 6 nitrogen and oxygen atoms in total. The maximum Gasteiger partial charge on any atom is 0.228 e. The van der Waals surface area contributed by atoms with Crippen LogP contribution >= 0.6 is 12.2 Å². The van der Waals surface area contributed by atoms with Gasteiger partial charge in [0.05, 0.1) is 12.8 Å². The summed E-state index contributed by atoms with van der Waals surface area (Å²) in [6, 6.07) is 11.6. The minimum absolute atomic E-state index is 0.155. The molecule has 0 atom stereocenters. The third-order valence-corrected chi connectivity index (χ3v) is 4.74. The van der Waals surface area contributed by atoms with Crippen molar-refractivity contribution in [2.45, 2.75) is 33.6 Å². The molecule has 0 aliphatic rings. The quantitative estimate of drug-likeness (QED) is 0.569. The van der Waals surface area contributed by atoms with E-state index in [-0.39, 0.29) is 16.9 Å².